The van der Waals surface area contributed by atoms with Crippen LogP contribution in [-0.2, 0) is 25.2 Å². The number of methoxy groups -OCH3 is 1. The summed E-state index contributed by atoms with van der Waals surface area (Å²) in [5.74, 6) is -1.41. The number of esters is 1. The molecule has 2 aromatic rings. The maximum atomic E-state index is 14.0. The minimum atomic E-state index is -4.69. The summed E-state index contributed by atoms with van der Waals surface area (Å²) in [6, 6.07) is 3.20. The van der Waals surface area contributed by atoms with Crippen LogP contribution in [0.15, 0.2) is 28.8 Å². The van der Waals surface area contributed by atoms with Crippen LogP contribution in [0.1, 0.15) is 83.2 Å². The largest absolute Gasteiger partial charge is 0.467 e. The number of hydrazine groups is 1. The van der Waals surface area contributed by atoms with E-state index in [0.29, 0.717) is 10.6 Å². The summed E-state index contributed by atoms with van der Waals surface area (Å²) in [5.41, 5.74) is -0.744. The van der Waals surface area contributed by atoms with Crippen molar-refractivity contribution in [1.82, 2.24) is 15.6 Å². The molecule has 1 aliphatic carbocycles. The van der Waals surface area contributed by atoms with E-state index in [4.69, 9.17) is 18.7 Å². The third-order valence-corrected chi connectivity index (χ3v) is 5.36. The number of carbonyl (C=O) groups excluding carboxylic acids is 3. The molecule has 0 saturated heterocycles. The topological polar surface area (TPSA) is 120 Å². The zero-order valence-electron chi connectivity index (χ0n) is 22.8. The molecule has 214 valence electrons. The van der Waals surface area contributed by atoms with E-state index in [-0.39, 0.29) is 17.2 Å². The molecule has 1 saturated carbocycles. The molecule has 1 unspecified atom stereocenters. The average Bonchev–Trinajstić information content (AvgIpc) is 3.53. The van der Waals surface area contributed by atoms with Crippen molar-refractivity contribution in [3.8, 4) is 11.3 Å². The first-order valence-corrected chi connectivity index (χ1v) is 12.2. The van der Waals surface area contributed by atoms with Crippen LogP contribution >= 0.6 is 0 Å². The van der Waals surface area contributed by atoms with Gasteiger partial charge in [-0.25, -0.2) is 19.8 Å². The lowest BCUT2D eigenvalue weighted by molar-refractivity contribution is -0.149. The van der Waals surface area contributed by atoms with Gasteiger partial charge in [-0.15, -0.1) is 0 Å². The van der Waals surface area contributed by atoms with E-state index in [1.54, 1.807) is 47.6 Å². The van der Waals surface area contributed by atoms with Gasteiger partial charge in [-0.05, 0) is 71.9 Å². The average molecular weight is 556 g/mol. The highest BCUT2D eigenvalue weighted by Gasteiger charge is 2.41. The number of carbonyl (C=O) groups is 3. The first-order valence-electron chi connectivity index (χ1n) is 12.2. The smallest absolute Gasteiger partial charge is 0.430 e. The van der Waals surface area contributed by atoms with Crippen LogP contribution in [0.4, 0.5) is 22.8 Å². The van der Waals surface area contributed by atoms with Gasteiger partial charge in [0.05, 0.1) is 12.7 Å². The summed E-state index contributed by atoms with van der Waals surface area (Å²) in [5, 5.41) is 4.22. The van der Waals surface area contributed by atoms with Gasteiger partial charge in [-0.2, -0.15) is 18.2 Å². The Hall–Kier alpha value is -3.77. The summed E-state index contributed by atoms with van der Waals surface area (Å²) in [6.45, 7) is 9.41. The number of nitrogens with zero attached hydrogens (tertiary/aromatic N) is 2. The van der Waals surface area contributed by atoms with E-state index in [9.17, 15) is 27.6 Å². The Bertz CT molecular complexity index is 1220. The number of rotatable bonds is 5. The van der Waals surface area contributed by atoms with E-state index in [2.05, 4.69) is 10.6 Å². The number of ether oxygens (including phenoxy) is 3. The quantitative estimate of drug-likeness (QED) is 0.266. The van der Waals surface area contributed by atoms with Gasteiger partial charge in [0.2, 0.25) is 6.04 Å². The number of hydrogen-bond donors (Lipinski definition) is 1. The first-order chi connectivity index (χ1) is 17.9. The maximum Gasteiger partial charge on any atom is 0.430 e. The molecule has 2 amide bonds. The highest BCUT2D eigenvalue weighted by Crippen LogP contribution is 2.44. The molecule has 1 atom stereocenters. The second-order valence-corrected chi connectivity index (χ2v) is 11.1. The molecule has 0 spiro atoms. The zero-order valence-corrected chi connectivity index (χ0v) is 22.8. The Labute approximate surface area is 223 Å². The van der Waals surface area contributed by atoms with Gasteiger partial charge in [0.1, 0.15) is 16.9 Å². The molecular weight excluding hydrogens is 523 g/mol. The van der Waals surface area contributed by atoms with Crippen LogP contribution in [0.2, 0.25) is 0 Å². The number of aromatic nitrogens is 1. The summed E-state index contributed by atoms with van der Waals surface area (Å²) < 4.78 is 62.4. The SMILES string of the molecule is COC(=O)C(c1cc(-c2ccc(C3CC3)cc2C(F)(F)F)no1)N(NC(=O)OC(C)(C)C)C(=O)OC(C)(C)C. The molecule has 1 heterocycles. The first kappa shape index (κ1) is 29.8. The lowest BCUT2D eigenvalue weighted by Crippen LogP contribution is -2.53. The molecule has 3 rings (SSSR count). The number of benzene rings is 1. The van der Waals surface area contributed by atoms with E-state index in [1.165, 1.54) is 6.07 Å². The normalized spacial score (nSPS) is 14.8. The van der Waals surface area contributed by atoms with Crippen LogP contribution in [-0.4, -0.2) is 46.6 Å². The number of nitrogens with one attached hydrogen (secondary N) is 1. The van der Waals surface area contributed by atoms with E-state index >= 15 is 0 Å². The summed E-state index contributed by atoms with van der Waals surface area (Å²) in [4.78, 5) is 38.5. The molecule has 1 fully saturated rings. The minimum absolute atomic E-state index is 0.0815. The van der Waals surface area contributed by atoms with Crippen molar-refractivity contribution in [3.63, 3.8) is 0 Å². The Balaban J connectivity index is 2.05. The van der Waals surface area contributed by atoms with Crippen LogP contribution < -0.4 is 5.43 Å². The molecule has 0 bridgehead atoms. The Morgan fingerprint density at radius 1 is 1.03 bits per heavy atom. The van der Waals surface area contributed by atoms with E-state index < -0.39 is 52.9 Å². The maximum absolute atomic E-state index is 14.0. The van der Waals surface area contributed by atoms with E-state index in [1.807, 2.05) is 0 Å². The molecule has 10 nitrogen and oxygen atoms in total. The molecule has 1 aliphatic rings. The Kier molecular flexibility index (Phi) is 8.23. The second-order valence-electron chi connectivity index (χ2n) is 11.1. The summed E-state index contributed by atoms with van der Waals surface area (Å²) in [6.07, 6.45) is -5.36. The molecule has 13 heteroatoms. The molecule has 1 aromatic heterocycles. The van der Waals surface area contributed by atoms with Crippen LogP contribution in [0.25, 0.3) is 11.3 Å². The predicted octanol–water partition coefficient (Wildman–Crippen LogP) is 6.13. The summed E-state index contributed by atoms with van der Waals surface area (Å²) in [7, 11) is 1.02. The van der Waals surface area contributed by atoms with Gasteiger partial charge in [0, 0.05) is 11.6 Å². The third-order valence-electron chi connectivity index (χ3n) is 5.36. The highest BCUT2D eigenvalue weighted by atomic mass is 19.4. The standard InChI is InChI=1S/C26H32F3N3O7/c1-24(2,3)37-22(34)30-32(23(35)38-25(4,5)6)20(21(33)36-7)19-13-18(31-39-19)16-11-10-15(14-8-9-14)12-17(16)26(27,28)29/h10-14,20H,8-9H2,1-7H3,(H,30,34). The van der Waals surface area contributed by atoms with Crippen LogP contribution in [0.3, 0.4) is 0 Å². The minimum Gasteiger partial charge on any atom is -0.467 e. The van der Waals surface area contributed by atoms with Crippen molar-refractivity contribution < 1.29 is 46.3 Å². The Morgan fingerprint density at radius 3 is 2.15 bits per heavy atom. The van der Waals surface area contributed by atoms with Gasteiger partial charge in [-0.1, -0.05) is 17.3 Å². The molecular formula is C26H32F3N3O7. The third kappa shape index (κ3) is 7.87. The van der Waals surface area contributed by atoms with Gasteiger partial charge in [-0.3, -0.25) is 0 Å². The molecule has 0 radical (unpaired) electrons. The number of halogens is 3. The number of alkyl halides is 3. The highest BCUT2D eigenvalue weighted by molar-refractivity contribution is 5.84. The predicted molar refractivity (Wildman–Crippen MR) is 131 cm³/mol. The van der Waals surface area contributed by atoms with Gasteiger partial charge < -0.3 is 18.7 Å². The van der Waals surface area contributed by atoms with Crippen molar-refractivity contribution in [2.75, 3.05) is 7.11 Å². The number of hydrogen-bond acceptors (Lipinski definition) is 8. The van der Waals surface area contributed by atoms with Crippen molar-refractivity contribution in [2.45, 2.75) is 83.7 Å². The van der Waals surface area contributed by atoms with Crippen molar-refractivity contribution in [3.05, 3.63) is 41.2 Å². The van der Waals surface area contributed by atoms with Crippen molar-refractivity contribution in [1.29, 1.82) is 0 Å². The lowest BCUT2D eigenvalue weighted by Gasteiger charge is -2.31. The molecule has 1 aromatic carbocycles. The molecule has 39 heavy (non-hydrogen) atoms. The van der Waals surface area contributed by atoms with Crippen molar-refractivity contribution >= 4 is 18.2 Å². The molecule has 1 N–H and O–H groups in total. The fraction of sp³-hybridized carbons (Fsp3) is 0.538. The van der Waals surface area contributed by atoms with Gasteiger partial charge >= 0.3 is 24.3 Å². The fourth-order valence-electron chi connectivity index (χ4n) is 3.62. The monoisotopic (exact) mass is 555 g/mol. The van der Waals surface area contributed by atoms with E-state index in [0.717, 1.165) is 32.1 Å². The van der Waals surface area contributed by atoms with Gasteiger partial charge in [0.25, 0.3) is 0 Å². The fourth-order valence-corrected chi connectivity index (χ4v) is 3.62. The van der Waals surface area contributed by atoms with Crippen molar-refractivity contribution in [2.24, 2.45) is 0 Å². The zero-order chi connectivity index (χ0) is 29.3. The van der Waals surface area contributed by atoms with Gasteiger partial charge in [0.15, 0.2) is 5.76 Å². The van der Waals surface area contributed by atoms with Crippen LogP contribution in [0, 0.1) is 0 Å². The second kappa shape index (κ2) is 10.8. The molecule has 0 aliphatic heterocycles. The number of amides is 2. The Morgan fingerprint density at radius 2 is 1.64 bits per heavy atom. The lowest BCUT2D eigenvalue weighted by atomic mass is 9.98. The summed E-state index contributed by atoms with van der Waals surface area (Å²) >= 11 is 0. The van der Waals surface area contributed by atoms with Crippen LogP contribution in [0.5, 0.6) is 0 Å².